The van der Waals surface area contributed by atoms with Crippen LogP contribution in [-0.2, 0) is 11.8 Å². The monoisotopic (exact) mass is 285 g/mol. The van der Waals surface area contributed by atoms with Crippen molar-refractivity contribution >= 4 is 0 Å². The van der Waals surface area contributed by atoms with Crippen LogP contribution in [-0.4, -0.2) is 29.1 Å². The Hall–Kier alpha value is -1.28. The van der Waals surface area contributed by atoms with Gasteiger partial charge < -0.3 is 5.11 Å². The molecular weight excluding hydrogens is 258 g/mol. The first kappa shape index (κ1) is 14.6. The maximum atomic E-state index is 9.87. The van der Waals surface area contributed by atoms with Gasteiger partial charge in [-0.15, -0.1) is 0 Å². The molecule has 3 atom stereocenters. The second kappa shape index (κ2) is 5.17. The molecule has 2 bridgehead atoms. The molecule has 1 aromatic rings. The summed E-state index contributed by atoms with van der Waals surface area (Å²) in [5.74, 6) is 1.04. The number of aromatic hydroxyl groups is 1. The number of piperidine rings is 1. The number of phenols is 1. The molecule has 2 nitrogen and oxygen atoms in total. The topological polar surface area (TPSA) is 23.5 Å². The molecular formula is C19H27NO. The molecule has 0 spiro atoms. The Bertz CT molecular complexity index is 573. The van der Waals surface area contributed by atoms with Crippen molar-refractivity contribution in [3.63, 3.8) is 0 Å². The fourth-order valence-electron chi connectivity index (χ4n) is 4.22. The zero-order valence-electron chi connectivity index (χ0n) is 13.7. The van der Waals surface area contributed by atoms with Crippen LogP contribution in [0.15, 0.2) is 29.8 Å². The lowest BCUT2D eigenvalue weighted by molar-refractivity contribution is 0.0397. The number of phenolic OH excluding ortho intramolecular Hbond substituents is 1. The quantitative estimate of drug-likeness (QED) is 0.834. The summed E-state index contributed by atoms with van der Waals surface area (Å²) in [5.41, 5.74) is 4.42. The molecule has 0 amide bonds. The molecule has 2 heteroatoms. The van der Waals surface area contributed by atoms with Crippen LogP contribution in [0.4, 0.5) is 0 Å². The zero-order valence-corrected chi connectivity index (χ0v) is 13.7. The highest BCUT2D eigenvalue weighted by atomic mass is 16.3. The maximum Gasteiger partial charge on any atom is 0.115 e. The summed E-state index contributed by atoms with van der Waals surface area (Å²) in [6.07, 6.45) is 4.64. The van der Waals surface area contributed by atoms with Gasteiger partial charge in [-0.25, -0.2) is 0 Å². The third-order valence-corrected chi connectivity index (χ3v) is 5.84. The smallest absolute Gasteiger partial charge is 0.115 e. The average molecular weight is 285 g/mol. The molecule has 1 N–H and O–H groups in total. The Balaban J connectivity index is 1.96. The van der Waals surface area contributed by atoms with Crippen molar-refractivity contribution in [2.45, 2.75) is 52.0 Å². The summed E-state index contributed by atoms with van der Waals surface area (Å²) >= 11 is 0. The first-order valence-electron chi connectivity index (χ1n) is 8.11. The second-order valence-corrected chi connectivity index (χ2v) is 7.35. The molecule has 1 unspecified atom stereocenters. The first-order chi connectivity index (χ1) is 9.91. The molecule has 21 heavy (non-hydrogen) atoms. The van der Waals surface area contributed by atoms with Crippen molar-refractivity contribution in [2.75, 3.05) is 13.1 Å². The lowest BCUT2D eigenvalue weighted by atomic mass is 9.59. The summed E-state index contributed by atoms with van der Waals surface area (Å²) in [6.45, 7) is 11.4. The molecule has 1 aromatic carbocycles. The standard InChI is InChI=1S/C19H27NO/c1-13(2)7-9-20-10-8-19(4)14(3)18(20)11-15-5-6-16(21)12-17(15)19/h5-7,12,14,18,21H,8-11H2,1-4H3/t14-,18?,19-/m0/s1. The summed E-state index contributed by atoms with van der Waals surface area (Å²) in [5, 5.41) is 9.87. The Kier molecular flexibility index (Phi) is 3.61. The largest absolute Gasteiger partial charge is 0.508 e. The molecule has 114 valence electrons. The van der Waals surface area contributed by atoms with E-state index in [1.807, 2.05) is 12.1 Å². The van der Waals surface area contributed by atoms with Crippen LogP contribution in [0, 0.1) is 5.92 Å². The minimum absolute atomic E-state index is 0.207. The van der Waals surface area contributed by atoms with Crippen LogP contribution in [0.2, 0.25) is 0 Å². The lowest BCUT2D eigenvalue weighted by Crippen LogP contribution is -2.57. The molecule has 1 heterocycles. The lowest BCUT2D eigenvalue weighted by Gasteiger charge is -2.54. The van der Waals surface area contributed by atoms with Gasteiger partial charge in [-0.3, -0.25) is 4.90 Å². The van der Waals surface area contributed by atoms with Crippen molar-refractivity contribution in [3.05, 3.63) is 41.0 Å². The van der Waals surface area contributed by atoms with Gasteiger partial charge in [0.15, 0.2) is 0 Å². The van der Waals surface area contributed by atoms with Crippen molar-refractivity contribution in [3.8, 4) is 5.75 Å². The Morgan fingerprint density at radius 2 is 2.19 bits per heavy atom. The highest BCUT2D eigenvalue weighted by molar-refractivity contribution is 5.44. The first-order valence-corrected chi connectivity index (χ1v) is 8.11. The highest BCUT2D eigenvalue weighted by Gasteiger charge is 2.48. The number of fused-ring (bicyclic) bond motifs is 4. The predicted octanol–water partition coefficient (Wildman–Crippen LogP) is 3.88. The van der Waals surface area contributed by atoms with Gasteiger partial charge in [0.25, 0.3) is 0 Å². The number of likely N-dealkylation sites (tertiary alicyclic amines) is 1. The minimum Gasteiger partial charge on any atom is -0.508 e. The zero-order chi connectivity index (χ0) is 15.2. The summed E-state index contributed by atoms with van der Waals surface area (Å²) in [6, 6.07) is 6.60. The predicted molar refractivity (Wildman–Crippen MR) is 87.7 cm³/mol. The minimum atomic E-state index is 0.207. The van der Waals surface area contributed by atoms with E-state index in [9.17, 15) is 5.11 Å². The van der Waals surface area contributed by atoms with E-state index < -0.39 is 0 Å². The SMILES string of the molecule is CC(C)=CCN1CC[C@]2(C)c3cc(O)ccc3CC1[C@@H]2C. The Morgan fingerprint density at radius 1 is 1.43 bits per heavy atom. The molecule has 1 aliphatic carbocycles. The Labute approximate surface area is 128 Å². The molecule has 3 rings (SSSR count). The molecule has 0 radical (unpaired) electrons. The van der Waals surface area contributed by atoms with Crippen molar-refractivity contribution in [2.24, 2.45) is 5.92 Å². The van der Waals surface area contributed by atoms with E-state index in [0.29, 0.717) is 17.7 Å². The number of allylic oxidation sites excluding steroid dienone is 1. The number of benzene rings is 1. The van der Waals surface area contributed by atoms with Gasteiger partial charge in [0.2, 0.25) is 0 Å². The van der Waals surface area contributed by atoms with E-state index in [1.165, 1.54) is 23.1 Å². The van der Waals surface area contributed by atoms with E-state index in [1.54, 1.807) is 0 Å². The van der Waals surface area contributed by atoms with Crippen LogP contribution in [0.5, 0.6) is 5.75 Å². The van der Waals surface area contributed by atoms with Crippen LogP contribution in [0.25, 0.3) is 0 Å². The summed E-state index contributed by atoms with van der Waals surface area (Å²) < 4.78 is 0. The summed E-state index contributed by atoms with van der Waals surface area (Å²) in [7, 11) is 0. The van der Waals surface area contributed by atoms with Gasteiger partial charge in [-0.2, -0.15) is 0 Å². The molecule has 1 fully saturated rings. The van der Waals surface area contributed by atoms with Crippen molar-refractivity contribution in [1.29, 1.82) is 0 Å². The molecule has 0 saturated carbocycles. The third kappa shape index (κ3) is 2.40. The van der Waals surface area contributed by atoms with E-state index in [4.69, 9.17) is 0 Å². The number of hydrogen-bond acceptors (Lipinski definition) is 2. The van der Waals surface area contributed by atoms with Gasteiger partial charge in [0.05, 0.1) is 0 Å². The van der Waals surface area contributed by atoms with E-state index in [0.717, 1.165) is 19.5 Å². The molecule has 1 saturated heterocycles. The molecule has 0 aromatic heterocycles. The van der Waals surface area contributed by atoms with Crippen LogP contribution in [0.1, 0.15) is 45.2 Å². The maximum absolute atomic E-state index is 9.87. The van der Waals surface area contributed by atoms with Gasteiger partial charge in [-0.1, -0.05) is 31.6 Å². The van der Waals surface area contributed by atoms with Crippen LogP contribution in [0.3, 0.4) is 0 Å². The molecule has 1 aliphatic heterocycles. The van der Waals surface area contributed by atoms with Gasteiger partial charge in [-0.05, 0) is 67.8 Å². The number of rotatable bonds is 2. The average Bonchev–Trinajstić information content (AvgIpc) is 2.43. The van der Waals surface area contributed by atoms with Gasteiger partial charge in [0.1, 0.15) is 5.75 Å². The second-order valence-electron chi connectivity index (χ2n) is 7.35. The van der Waals surface area contributed by atoms with Crippen LogP contribution < -0.4 is 0 Å². The third-order valence-electron chi connectivity index (χ3n) is 5.84. The van der Waals surface area contributed by atoms with Crippen molar-refractivity contribution < 1.29 is 5.11 Å². The van der Waals surface area contributed by atoms with Crippen molar-refractivity contribution in [1.82, 2.24) is 4.90 Å². The summed E-state index contributed by atoms with van der Waals surface area (Å²) in [4.78, 5) is 2.65. The van der Waals surface area contributed by atoms with E-state index in [2.05, 4.69) is 44.7 Å². The van der Waals surface area contributed by atoms with Gasteiger partial charge in [0, 0.05) is 12.6 Å². The van der Waals surface area contributed by atoms with Gasteiger partial charge >= 0.3 is 0 Å². The fourth-order valence-corrected chi connectivity index (χ4v) is 4.22. The fraction of sp³-hybridized carbons (Fsp3) is 0.579. The number of nitrogens with zero attached hydrogens (tertiary/aromatic N) is 1. The van der Waals surface area contributed by atoms with Crippen LogP contribution >= 0.6 is 0 Å². The normalized spacial score (nSPS) is 31.6. The molecule has 2 aliphatic rings. The van der Waals surface area contributed by atoms with E-state index >= 15 is 0 Å². The Morgan fingerprint density at radius 3 is 2.90 bits per heavy atom. The number of hydrogen-bond donors (Lipinski definition) is 1. The highest BCUT2D eigenvalue weighted by Crippen LogP contribution is 2.49. The van der Waals surface area contributed by atoms with E-state index in [-0.39, 0.29) is 5.41 Å².